The number of hydrogen-bond acceptors (Lipinski definition) is 1. The number of aryl methyl sites for hydroxylation is 1. The van der Waals surface area contributed by atoms with E-state index in [0.29, 0.717) is 18.3 Å². The van der Waals surface area contributed by atoms with Crippen molar-refractivity contribution >= 4 is 22.5 Å². The van der Waals surface area contributed by atoms with E-state index in [1.165, 1.54) is 22.1 Å². The van der Waals surface area contributed by atoms with E-state index in [4.69, 9.17) is 0 Å². The molecule has 1 amide bonds. The van der Waals surface area contributed by atoms with Gasteiger partial charge in [-0.25, -0.2) is 0 Å². The second-order valence-corrected chi connectivity index (χ2v) is 7.53. The lowest BCUT2D eigenvalue weighted by molar-refractivity contribution is -0.116. The van der Waals surface area contributed by atoms with Crippen LogP contribution in [-0.4, -0.2) is 10.9 Å². The highest BCUT2D eigenvalue weighted by Crippen LogP contribution is 2.32. The Morgan fingerprint density at radius 3 is 2.27 bits per heavy atom. The van der Waals surface area contributed by atoms with Crippen molar-refractivity contribution in [2.45, 2.75) is 52.4 Å². The number of benzene rings is 2. The zero-order valence-corrected chi connectivity index (χ0v) is 16.1. The topological polar surface area (TPSA) is 44.9 Å². The first-order chi connectivity index (χ1) is 12.5. The molecule has 0 bridgehead atoms. The van der Waals surface area contributed by atoms with E-state index in [1.807, 2.05) is 18.3 Å². The molecule has 26 heavy (non-hydrogen) atoms. The van der Waals surface area contributed by atoms with Crippen LogP contribution in [0.2, 0.25) is 0 Å². The van der Waals surface area contributed by atoms with E-state index < -0.39 is 0 Å². The van der Waals surface area contributed by atoms with Gasteiger partial charge in [0.15, 0.2) is 0 Å². The van der Waals surface area contributed by atoms with E-state index in [2.05, 4.69) is 68.3 Å². The third-order valence-corrected chi connectivity index (χ3v) is 4.93. The normalized spacial score (nSPS) is 11.5. The second kappa shape index (κ2) is 7.77. The maximum absolute atomic E-state index is 12.7. The molecule has 0 saturated carbocycles. The standard InChI is InChI=1S/C23H28N2O/c1-15(2)18-9-7-10-19(16(3)4)23(18)25-22(26)13-12-17-14-24-21-11-6-5-8-20(17)21/h5-11,14-16,24H,12-13H2,1-4H3,(H,25,26). The SMILES string of the molecule is CC(C)c1cccc(C(C)C)c1NC(=O)CCc1c[nH]c2ccccc12. The molecule has 0 spiro atoms. The molecule has 1 aromatic heterocycles. The third-order valence-electron chi connectivity index (χ3n) is 4.93. The van der Waals surface area contributed by atoms with Crippen LogP contribution in [0.1, 0.15) is 62.6 Å². The summed E-state index contributed by atoms with van der Waals surface area (Å²) >= 11 is 0. The molecular weight excluding hydrogens is 320 g/mol. The van der Waals surface area contributed by atoms with Crippen LogP contribution < -0.4 is 5.32 Å². The van der Waals surface area contributed by atoms with Crippen LogP contribution in [0.3, 0.4) is 0 Å². The molecule has 3 aromatic rings. The van der Waals surface area contributed by atoms with Crippen molar-refractivity contribution in [1.29, 1.82) is 0 Å². The van der Waals surface area contributed by atoms with E-state index in [1.54, 1.807) is 0 Å². The van der Waals surface area contributed by atoms with E-state index >= 15 is 0 Å². The Morgan fingerprint density at radius 2 is 1.62 bits per heavy atom. The first-order valence-corrected chi connectivity index (χ1v) is 9.45. The Hall–Kier alpha value is -2.55. The number of para-hydroxylation sites is 2. The molecule has 0 saturated heterocycles. The predicted octanol–water partition coefficient (Wildman–Crippen LogP) is 5.99. The number of anilines is 1. The fourth-order valence-electron chi connectivity index (χ4n) is 3.48. The lowest BCUT2D eigenvalue weighted by atomic mass is 9.92. The number of H-pyrrole nitrogens is 1. The van der Waals surface area contributed by atoms with Crippen LogP contribution in [0.5, 0.6) is 0 Å². The van der Waals surface area contributed by atoms with Gasteiger partial charge in [0.2, 0.25) is 5.91 Å². The van der Waals surface area contributed by atoms with Crippen molar-refractivity contribution in [1.82, 2.24) is 4.98 Å². The highest BCUT2D eigenvalue weighted by molar-refractivity contribution is 5.93. The monoisotopic (exact) mass is 348 g/mol. The summed E-state index contributed by atoms with van der Waals surface area (Å²) in [6.07, 6.45) is 3.22. The summed E-state index contributed by atoms with van der Waals surface area (Å²) in [6.45, 7) is 8.67. The number of aromatic nitrogens is 1. The molecule has 136 valence electrons. The van der Waals surface area contributed by atoms with E-state index in [-0.39, 0.29) is 5.91 Å². The quantitative estimate of drug-likeness (QED) is 0.565. The molecule has 0 radical (unpaired) electrons. The number of carbonyl (C=O) groups is 1. The second-order valence-electron chi connectivity index (χ2n) is 7.53. The van der Waals surface area contributed by atoms with Crippen LogP contribution in [0.25, 0.3) is 10.9 Å². The minimum Gasteiger partial charge on any atom is -0.361 e. The maximum atomic E-state index is 12.7. The average molecular weight is 348 g/mol. The third kappa shape index (κ3) is 3.82. The lowest BCUT2D eigenvalue weighted by Gasteiger charge is -2.20. The zero-order chi connectivity index (χ0) is 18.7. The molecule has 0 aliphatic heterocycles. The van der Waals surface area contributed by atoms with Crippen molar-refractivity contribution in [2.24, 2.45) is 0 Å². The summed E-state index contributed by atoms with van der Waals surface area (Å²) in [4.78, 5) is 16.0. The molecule has 2 aromatic carbocycles. The summed E-state index contributed by atoms with van der Waals surface area (Å²) in [5, 5.41) is 4.40. The molecule has 0 fully saturated rings. The van der Waals surface area contributed by atoms with Gasteiger partial charge in [0.1, 0.15) is 0 Å². The van der Waals surface area contributed by atoms with Crippen LogP contribution in [0.15, 0.2) is 48.7 Å². The Balaban J connectivity index is 1.76. The van der Waals surface area contributed by atoms with Gasteiger partial charge < -0.3 is 10.3 Å². The molecule has 3 heteroatoms. The number of hydrogen-bond donors (Lipinski definition) is 2. The first kappa shape index (κ1) is 18.2. The number of carbonyl (C=O) groups excluding carboxylic acids is 1. The van der Waals surface area contributed by atoms with E-state index in [9.17, 15) is 4.79 Å². The highest BCUT2D eigenvalue weighted by atomic mass is 16.1. The minimum atomic E-state index is 0.0743. The largest absolute Gasteiger partial charge is 0.361 e. The molecule has 0 atom stereocenters. The van der Waals surface area contributed by atoms with Crippen molar-refractivity contribution in [2.75, 3.05) is 5.32 Å². The Bertz CT molecular complexity index is 879. The number of rotatable bonds is 6. The zero-order valence-electron chi connectivity index (χ0n) is 16.1. The number of fused-ring (bicyclic) bond motifs is 1. The van der Waals surface area contributed by atoms with Crippen molar-refractivity contribution in [3.05, 3.63) is 65.4 Å². The number of nitrogens with one attached hydrogen (secondary N) is 2. The summed E-state index contributed by atoms with van der Waals surface area (Å²) in [6, 6.07) is 14.5. The predicted molar refractivity (Wildman–Crippen MR) is 110 cm³/mol. The molecule has 0 aliphatic rings. The maximum Gasteiger partial charge on any atom is 0.224 e. The Morgan fingerprint density at radius 1 is 0.962 bits per heavy atom. The molecule has 2 N–H and O–H groups in total. The molecule has 3 rings (SSSR count). The van der Waals surface area contributed by atoms with Gasteiger partial charge in [-0.15, -0.1) is 0 Å². The van der Waals surface area contributed by atoms with Crippen LogP contribution in [0, 0.1) is 0 Å². The van der Waals surface area contributed by atoms with Crippen LogP contribution in [-0.2, 0) is 11.2 Å². The first-order valence-electron chi connectivity index (χ1n) is 9.45. The Labute approximate surface area is 155 Å². The van der Waals surface area contributed by atoms with Crippen molar-refractivity contribution < 1.29 is 4.79 Å². The van der Waals surface area contributed by atoms with Gasteiger partial charge in [-0.05, 0) is 41.0 Å². The van der Waals surface area contributed by atoms with E-state index in [0.717, 1.165) is 17.6 Å². The van der Waals surface area contributed by atoms with Gasteiger partial charge >= 0.3 is 0 Å². The highest BCUT2D eigenvalue weighted by Gasteiger charge is 2.16. The Kier molecular flexibility index (Phi) is 5.46. The van der Waals surface area contributed by atoms with Gasteiger partial charge in [-0.3, -0.25) is 4.79 Å². The van der Waals surface area contributed by atoms with Gasteiger partial charge in [-0.2, -0.15) is 0 Å². The van der Waals surface area contributed by atoms with Gasteiger partial charge in [0.05, 0.1) is 0 Å². The van der Waals surface area contributed by atoms with Crippen molar-refractivity contribution in [3.63, 3.8) is 0 Å². The van der Waals surface area contributed by atoms with Crippen LogP contribution >= 0.6 is 0 Å². The molecule has 0 unspecified atom stereocenters. The molecule has 0 aliphatic carbocycles. The number of aromatic amines is 1. The smallest absolute Gasteiger partial charge is 0.224 e. The van der Waals surface area contributed by atoms with Gasteiger partial charge in [0.25, 0.3) is 0 Å². The molecule has 3 nitrogen and oxygen atoms in total. The summed E-state index contributed by atoms with van der Waals surface area (Å²) in [7, 11) is 0. The summed E-state index contributed by atoms with van der Waals surface area (Å²) < 4.78 is 0. The number of amides is 1. The minimum absolute atomic E-state index is 0.0743. The molecule has 1 heterocycles. The lowest BCUT2D eigenvalue weighted by Crippen LogP contribution is -2.16. The van der Waals surface area contributed by atoms with Crippen LogP contribution in [0.4, 0.5) is 5.69 Å². The van der Waals surface area contributed by atoms with Crippen molar-refractivity contribution in [3.8, 4) is 0 Å². The summed E-state index contributed by atoms with van der Waals surface area (Å²) in [5.74, 6) is 0.820. The average Bonchev–Trinajstić information content (AvgIpc) is 3.03. The fraction of sp³-hybridized carbons (Fsp3) is 0.348. The molecular formula is C23H28N2O. The van der Waals surface area contributed by atoms with Gasteiger partial charge in [0, 0.05) is 29.2 Å². The van der Waals surface area contributed by atoms with Gasteiger partial charge in [-0.1, -0.05) is 64.1 Å². The fourth-order valence-corrected chi connectivity index (χ4v) is 3.48. The summed E-state index contributed by atoms with van der Waals surface area (Å²) in [5.41, 5.74) is 5.72.